The highest BCUT2D eigenvalue weighted by Crippen LogP contribution is 2.26. The fourth-order valence-corrected chi connectivity index (χ4v) is 2.79. The van der Waals surface area contributed by atoms with Gasteiger partial charge in [0.15, 0.2) is 5.69 Å². The van der Waals surface area contributed by atoms with Crippen molar-refractivity contribution in [3.8, 4) is 16.3 Å². The van der Waals surface area contributed by atoms with Crippen molar-refractivity contribution in [1.82, 2.24) is 15.6 Å². The van der Waals surface area contributed by atoms with E-state index < -0.39 is 5.91 Å². The molecule has 2 heterocycles. The van der Waals surface area contributed by atoms with Gasteiger partial charge in [-0.3, -0.25) is 9.89 Å². The van der Waals surface area contributed by atoms with E-state index in [2.05, 4.69) is 20.7 Å². The fourth-order valence-electron chi connectivity index (χ4n) is 1.96. The summed E-state index contributed by atoms with van der Waals surface area (Å²) in [6, 6.07) is 12.4. The second kappa shape index (κ2) is 6.45. The summed E-state index contributed by atoms with van der Waals surface area (Å²) in [5.41, 5.74) is 3.94. The number of aromatic nitrogens is 2. The van der Waals surface area contributed by atoms with Crippen molar-refractivity contribution in [2.75, 3.05) is 0 Å². The van der Waals surface area contributed by atoms with Gasteiger partial charge in [-0.1, -0.05) is 12.1 Å². The molecule has 0 bridgehead atoms. The molecular weight excluding hydrogens is 312 g/mol. The Morgan fingerprint density at radius 2 is 2.17 bits per heavy atom. The number of nitrogens with zero attached hydrogens (tertiary/aromatic N) is 2. The van der Waals surface area contributed by atoms with Crippen molar-refractivity contribution >= 4 is 23.5 Å². The first-order valence-corrected chi connectivity index (χ1v) is 7.69. The molecule has 0 saturated heterocycles. The second-order valence-corrected chi connectivity index (χ2v) is 6.12. The number of amides is 1. The average molecular weight is 326 g/mol. The van der Waals surface area contributed by atoms with Crippen molar-refractivity contribution in [3.05, 3.63) is 58.6 Å². The van der Waals surface area contributed by atoms with Crippen LogP contribution in [0.2, 0.25) is 0 Å². The molecule has 3 rings (SSSR count). The highest BCUT2D eigenvalue weighted by atomic mass is 32.1. The summed E-state index contributed by atoms with van der Waals surface area (Å²) < 4.78 is 0. The zero-order valence-electron chi connectivity index (χ0n) is 12.3. The minimum Gasteiger partial charge on any atom is -0.507 e. The molecule has 3 N–H and O–H groups in total. The zero-order valence-corrected chi connectivity index (χ0v) is 13.1. The van der Waals surface area contributed by atoms with Crippen LogP contribution in [0.3, 0.4) is 0 Å². The maximum atomic E-state index is 12.0. The fraction of sp³-hybridized carbons (Fsp3) is 0.0625. The number of hydrazone groups is 1. The summed E-state index contributed by atoms with van der Waals surface area (Å²) in [6.45, 7) is 2.02. The topological polar surface area (TPSA) is 90.4 Å². The van der Waals surface area contributed by atoms with Crippen LogP contribution < -0.4 is 5.43 Å². The molecule has 0 fully saturated rings. The number of hydrogen-bond donors (Lipinski definition) is 3. The van der Waals surface area contributed by atoms with Gasteiger partial charge in [0.05, 0.1) is 16.8 Å². The molecule has 0 atom stereocenters. The third-order valence-corrected chi connectivity index (χ3v) is 4.16. The Bertz CT molecular complexity index is 866. The van der Waals surface area contributed by atoms with Crippen LogP contribution in [0.1, 0.15) is 20.9 Å². The van der Waals surface area contributed by atoms with Gasteiger partial charge in [-0.05, 0) is 37.3 Å². The molecule has 0 aliphatic heterocycles. The predicted molar refractivity (Wildman–Crippen MR) is 89.8 cm³/mol. The standard InChI is InChI=1S/C16H14N4O2S/c1-10-6-7-15(23-10)12-8-13(19-18-12)16(22)20-17-9-11-4-2-3-5-14(11)21/h2-9,21H,1H3,(H,18,19)(H,20,22). The molecule has 6 nitrogen and oxygen atoms in total. The summed E-state index contributed by atoms with van der Waals surface area (Å²) in [4.78, 5) is 14.2. The van der Waals surface area contributed by atoms with Crippen LogP contribution in [-0.2, 0) is 0 Å². The van der Waals surface area contributed by atoms with Crippen LogP contribution in [0.4, 0.5) is 0 Å². The van der Waals surface area contributed by atoms with Gasteiger partial charge >= 0.3 is 0 Å². The van der Waals surface area contributed by atoms with Crippen molar-refractivity contribution < 1.29 is 9.90 Å². The van der Waals surface area contributed by atoms with E-state index in [9.17, 15) is 9.90 Å². The Kier molecular flexibility index (Phi) is 4.20. The third-order valence-electron chi connectivity index (χ3n) is 3.12. The van der Waals surface area contributed by atoms with Crippen molar-refractivity contribution in [1.29, 1.82) is 0 Å². The Balaban J connectivity index is 1.67. The summed E-state index contributed by atoms with van der Waals surface area (Å²) in [5, 5.41) is 20.3. The normalized spacial score (nSPS) is 11.0. The predicted octanol–water partition coefficient (Wildman–Crippen LogP) is 2.92. The molecule has 0 radical (unpaired) electrons. The monoisotopic (exact) mass is 326 g/mol. The molecule has 1 aromatic carbocycles. The first-order chi connectivity index (χ1) is 11.1. The van der Waals surface area contributed by atoms with Crippen LogP contribution in [0.25, 0.3) is 10.6 Å². The SMILES string of the molecule is Cc1ccc(-c2cc(C(=O)NN=Cc3ccccc3O)n[nH]2)s1. The van der Waals surface area contributed by atoms with Crippen LogP contribution in [-0.4, -0.2) is 27.4 Å². The molecule has 2 aromatic heterocycles. The number of phenols is 1. The maximum Gasteiger partial charge on any atom is 0.291 e. The molecule has 116 valence electrons. The lowest BCUT2D eigenvalue weighted by atomic mass is 10.2. The maximum absolute atomic E-state index is 12.0. The number of carbonyl (C=O) groups excluding carboxylic acids is 1. The number of rotatable bonds is 4. The number of aryl methyl sites for hydroxylation is 1. The number of nitrogens with one attached hydrogen (secondary N) is 2. The Morgan fingerprint density at radius 1 is 1.35 bits per heavy atom. The molecule has 0 saturated carbocycles. The van der Waals surface area contributed by atoms with Crippen LogP contribution >= 0.6 is 11.3 Å². The molecule has 23 heavy (non-hydrogen) atoms. The quantitative estimate of drug-likeness (QED) is 0.508. The molecule has 7 heteroatoms. The van der Waals surface area contributed by atoms with E-state index in [1.54, 1.807) is 41.7 Å². The lowest BCUT2D eigenvalue weighted by Gasteiger charge is -1.97. The first kappa shape index (κ1) is 15.0. The van der Waals surface area contributed by atoms with E-state index in [0.717, 1.165) is 10.6 Å². The second-order valence-electron chi connectivity index (χ2n) is 4.84. The van der Waals surface area contributed by atoms with Gasteiger partial charge < -0.3 is 5.11 Å². The highest BCUT2D eigenvalue weighted by molar-refractivity contribution is 7.15. The third kappa shape index (κ3) is 3.46. The van der Waals surface area contributed by atoms with E-state index in [0.29, 0.717) is 5.56 Å². The first-order valence-electron chi connectivity index (χ1n) is 6.87. The summed E-state index contributed by atoms with van der Waals surface area (Å²) in [7, 11) is 0. The van der Waals surface area contributed by atoms with E-state index in [1.807, 2.05) is 19.1 Å². The van der Waals surface area contributed by atoms with Crippen LogP contribution in [0.5, 0.6) is 5.75 Å². The molecule has 0 unspecified atom stereocenters. The molecule has 0 aliphatic rings. The largest absolute Gasteiger partial charge is 0.507 e. The Morgan fingerprint density at radius 3 is 2.91 bits per heavy atom. The van der Waals surface area contributed by atoms with Gasteiger partial charge in [0, 0.05) is 10.4 Å². The van der Waals surface area contributed by atoms with Crippen molar-refractivity contribution in [2.45, 2.75) is 6.92 Å². The van der Waals surface area contributed by atoms with Crippen molar-refractivity contribution in [2.24, 2.45) is 5.10 Å². The molecular formula is C16H14N4O2S. The van der Waals surface area contributed by atoms with Crippen LogP contribution in [0.15, 0.2) is 47.6 Å². The Labute approximate surface area is 136 Å². The van der Waals surface area contributed by atoms with E-state index in [1.165, 1.54) is 11.1 Å². The van der Waals surface area contributed by atoms with E-state index in [-0.39, 0.29) is 11.4 Å². The number of benzene rings is 1. The number of para-hydroxylation sites is 1. The van der Waals surface area contributed by atoms with Gasteiger partial charge in [-0.25, -0.2) is 5.43 Å². The number of thiophene rings is 1. The van der Waals surface area contributed by atoms with Gasteiger partial charge in [-0.2, -0.15) is 10.2 Å². The molecule has 3 aromatic rings. The average Bonchev–Trinajstić information content (AvgIpc) is 3.18. The summed E-state index contributed by atoms with van der Waals surface area (Å²) >= 11 is 1.62. The van der Waals surface area contributed by atoms with E-state index in [4.69, 9.17) is 0 Å². The lowest BCUT2D eigenvalue weighted by molar-refractivity contribution is 0.0950. The van der Waals surface area contributed by atoms with Gasteiger partial charge in [-0.15, -0.1) is 11.3 Å². The highest BCUT2D eigenvalue weighted by Gasteiger charge is 2.11. The number of hydrogen-bond acceptors (Lipinski definition) is 5. The number of aromatic amines is 1. The number of H-pyrrole nitrogens is 1. The van der Waals surface area contributed by atoms with Gasteiger partial charge in [0.1, 0.15) is 5.75 Å². The smallest absolute Gasteiger partial charge is 0.291 e. The van der Waals surface area contributed by atoms with Crippen molar-refractivity contribution in [3.63, 3.8) is 0 Å². The molecule has 1 amide bonds. The summed E-state index contributed by atoms with van der Waals surface area (Å²) in [6.07, 6.45) is 1.38. The molecule has 0 spiro atoms. The number of aromatic hydroxyl groups is 1. The van der Waals surface area contributed by atoms with Gasteiger partial charge in [0.25, 0.3) is 5.91 Å². The number of phenolic OH excluding ortho intramolecular Hbond substituents is 1. The van der Waals surface area contributed by atoms with Gasteiger partial charge in [0.2, 0.25) is 0 Å². The lowest BCUT2D eigenvalue weighted by Crippen LogP contribution is -2.18. The zero-order chi connectivity index (χ0) is 16.2. The minimum absolute atomic E-state index is 0.0978. The summed E-state index contributed by atoms with van der Waals surface area (Å²) in [5.74, 6) is -0.326. The Hall–Kier alpha value is -2.93. The van der Waals surface area contributed by atoms with E-state index >= 15 is 0 Å². The minimum atomic E-state index is -0.424. The van der Waals surface area contributed by atoms with Crippen LogP contribution in [0, 0.1) is 6.92 Å². The molecule has 0 aliphatic carbocycles. The number of carbonyl (C=O) groups is 1.